The van der Waals surface area contributed by atoms with Crippen LogP contribution in [0.3, 0.4) is 0 Å². The minimum atomic E-state index is -0.412. The van der Waals surface area contributed by atoms with Crippen molar-refractivity contribution >= 4 is 11.8 Å². The molecule has 25 heavy (non-hydrogen) atoms. The second-order valence-electron chi connectivity index (χ2n) is 6.73. The largest absolute Gasteiger partial charge is 0.356 e. The summed E-state index contributed by atoms with van der Waals surface area (Å²) in [6, 6.07) is 0.999. The van der Waals surface area contributed by atoms with Gasteiger partial charge in [-0.1, -0.05) is 13.8 Å². The van der Waals surface area contributed by atoms with Gasteiger partial charge in [0.25, 0.3) is 5.56 Å². The average molecular weight is 349 g/mol. The molecule has 138 valence electrons. The van der Waals surface area contributed by atoms with E-state index < -0.39 is 6.04 Å². The number of aromatic nitrogens is 2. The van der Waals surface area contributed by atoms with E-state index in [1.165, 1.54) is 12.4 Å². The number of nitrogens with one attached hydrogen (secondary N) is 3. The van der Waals surface area contributed by atoms with Crippen molar-refractivity contribution in [1.82, 2.24) is 25.5 Å². The average Bonchev–Trinajstić information content (AvgIpc) is 2.55. The van der Waals surface area contributed by atoms with Gasteiger partial charge in [0.15, 0.2) is 0 Å². The van der Waals surface area contributed by atoms with Crippen LogP contribution in [0.25, 0.3) is 0 Å². The predicted octanol–water partition coefficient (Wildman–Crippen LogP) is -0.335. The van der Waals surface area contributed by atoms with Gasteiger partial charge in [0.1, 0.15) is 0 Å². The zero-order chi connectivity index (χ0) is 18.2. The Morgan fingerprint density at radius 3 is 2.96 bits per heavy atom. The highest BCUT2D eigenvalue weighted by atomic mass is 16.2. The van der Waals surface area contributed by atoms with E-state index in [4.69, 9.17) is 0 Å². The molecule has 3 N–H and O–H groups in total. The van der Waals surface area contributed by atoms with Crippen molar-refractivity contribution in [2.75, 3.05) is 26.2 Å². The van der Waals surface area contributed by atoms with Crippen LogP contribution in [-0.4, -0.2) is 58.9 Å². The maximum Gasteiger partial charge on any atom is 0.250 e. The van der Waals surface area contributed by atoms with E-state index in [0.717, 1.165) is 19.5 Å². The molecule has 1 aliphatic heterocycles. The smallest absolute Gasteiger partial charge is 0.250 e. The molecule has 2 heterocycles. The third-order valence-corrected chi connectivity index (χ3v) is 4.25. The molecule has 0 aromatic carbocycles. The summed E-state index contributed by atoms with van der Waals surface area (Å²) in [6.45, 7) is 6.90. The molecule has 1 aromatic rings. The number of H-pyrrole nitrogens is 1. The molecular formula is C17H27N5O3. The van der Waals surface area contributed by atoms with Crippen LogP contribution in [0.2, 0.25) is 0 Å². The lowest BCUT2D eigenvalue weighted by Crippen LogP contribution is -2.56. The minimum absolute atomic E-state index is 0.0820. The summed E-state index contributed by atoms with van der Waals surface area (Å²) in [4.78, 5) is 44.1. The Bertz CT molecular complexity index is 643. The first-order chi connectivity index (χ1) is 12.0. The summed E-state index contributed by atoms with van der Waals surface area (Å²) >= 11 is 0. The van der Waals surface area contributed by atoms with Crippen molar-refractivity contribution < 1.29 is 9.59 Å². The summed E-state index contributed by atoms with van der Waals surface area (Å²) in [6.07, 6.45) is 2.97. The summed E-state index contributed by atoms with van der Waals surface area (Å²) in [5, 5.41) is 5.64. The van der Waals surface area contributed by atoms with E-state index >= 15 is 0 Å². The van der Waals surface area contributed by atoms with Gasteiger partial charge in [0.05, 0.1) is 18.8 Å². The fourth-order valence-corrected chi connectivity index (χ4v) is 2.80. The molecule has 1 fully saturated rings. The zero-order valence-electron chi connectivity index (χ0n) is 14.9. The number of hydrogen-bond acceptors (Lipinski definition) is 5. The molecule has 0 aliphatic carbocycles. The number of rotatable bonds is 8. The lowest BCUT2D eigenvalue weighted by molar-refractivity contribution is -0.134. The number of piperazine rings is 1. The van der Waals surface area contributed by atoms with E-state index in [1.807, 2.05) is 0 Å². The molecule has 1 aromatic heterocycles. The third kappa shape index (κ3) is 6.30. The second-order valence-corrected chi connectivity index (χ2v) is 6.73. The number of carbonyl (C=O) groups excluding carboxylic acids is 2. The molecule has 1 aliphatic rings. The summed E-state index contributed by atoms with van der Waals surface area (Å²) in [7, 11) is 0. The van der Waals surface area contributed by atoms with Crippen LogP contribution in [0, 0.1) is 5.92 Å². The molecule has 0 spiro atoms. The van der Waals surface area contributed by atoms with Gasteiger partial charge in [-0.3, -0.25) is 19.3 Å². The number of nitrogens with zero attached hydrogens (tertiary/aromatic N) is 2. The molecule has 2 amide bonds. The topological polar surface area (TPSA) is 107 Å². The highest BCUT2D eigenvalue weighted by Crippen LogP contribution is 2.12. The fourth-order valence-electron chi connectivity index (χ4n) is 2.80. The van der Waals surface area contributed by atoms with Crippen LogP contribution < -0.4 is 16.2 Å². The summed E-state index contributed by atoms with van der Waals surface area (Å²) in [5.74, 6) is 0.309. The Labute approximate surface area is 147 Å². The Balaban J connectivity index is 1.81. The number of hydrogen-bond donors (Lipinski definition) is 3. The van der Waals surface area contributed by atoms with E-state index in [0.29, 0.717) is 31.1 Å². The maximum atomic E-state index is 12.2. The Morgan fingerprint density at radius 1 is 1.44 bits per heavy atom. The van der Waals surface area contributed by atoms with Crippen molar-refractivity contribution in [2.24, 2.45) is 5.92 Å². The van der Waals surface area contributed by atoms with Crippen LogP contribution in [0.1, 0.15) is 32.4 Å². The van der Waals surface area contributed by atoms with Gasteiger partial charge in [0, 0.05) is 37.8 Å². The molecule has 2 rings (SSSR count). The highest BCUT2D eigenvalue weighted by Gasteiger charge is 2.31. The monoisotopic (exact) mass is 349 g/mol. The van der Waals surface area contributed by atoms with Crippen molar-refractivity contribution in [3.8, 4) is 0 Å². The standard InChI is InChI=1S/C17H27N5O3/c1-12(2)4-7-22-8-6-19-17(25)14(22)10-16(24)18-5-3-13-9-15(23)21-11-20-13/h9,11-12,14H,3-8,10H2,1-2H3,(H,18,24)(H,19,25)(H,20,21,23). The number of amides is 2. The molecule has 0 saturated carbocycles. The quantitative estimate of drug-likeness (QED) is 0.595. The highest BCUT2D eigenvalue weighted by molar-refractivity contribution is 5.88. The fraction of sp³-hybridized carbons (Fsp3) is 0.647. The Kier molecular flexibility index (Phi) is 7.12. The molecule has 0 bridgehead atoms. The van der Waals surface area contributed by atoms with Gasteiger partial charge < -0.3 is 15.6 Å². The molecule has 1 atom stereocenters. The molecule has 1 saturated heterocycles. The number of aromatic amines is 1. The third-order valence-electron chi connectivity index (χ3n) is 4.25. The minimum Gasteiger partial charge on any atom is -0.356 e. The molecular weight excluding hydrogens is 322 g/mol. The van der Waals surface area contributed by atoms with Crippen molar-refractivity contribution in [1.29, 1.82) is 0 Å². The predicted molar refractivity (Wildman–Crippen MR) is 94.0 cm³/mol. The first-order valence-electron chi connectivity index (χ1n) is 8.77. The first-order valence-corrected chi connectivity index (χ1v) is 8.77. The van der Waals surface area contributed by atoms with Gasteiger partial charge in [-0.2, -0.15) is 0 Å². The normalized spacial score (nSPS) is 18.2. The maximum absolute atomic E-state index is 12.2. The molecule has 8 heteroatoms. The lowest BCUT2D eigenvalue weighted by Gasteiger charge is -2.35. The summed E-state index contributed by atoms with van der Waals surface area (Å²) < 4.78 is 0. The van der Waals surface area contributed by atoms with Crippen molar-refractivity contribution in [3.05, 3.63) is 28.4 Å². The number of carbonyl (C=O) groups is 2. The second kappa shape index (κ2) is 9.31. The van der Waals surface area contributed by atoms with Crippen LogP contribution in [0.4, 0.5) is 0 Å². The van der Waals surface area contributed by atoms with E-state index in [9.17, 15) is 14.4 Å². The summed E-state index contributed by atoms with van der Waals surface area (Å²) in [5.41, 5.74) is 0.411. The molecule has 8 nitrogen and oxygen atoms in total. The van der Waals surface area contributed by atoms with Crippen LogP contribution in [0.5, 0.6) is 0 Å². The van der Waals surface area contributed by atoms with E-state index in [2.05, 4.69) is 39.3 Å². The van der Waals surface area contributed by atoms with E-state index in [-0.39, 0.29) is 23.8 Å². The molecule has 0 radical (unpaired) electrons. The van der Waals surface area contributed by atoms with Gasteiger partial charge >= 0.3 is 0 Å². The first kappa shape index (κ1) is 19.1. The SMILES string of the molecule is CC(C)CCN1CCNC(=O)C1CC(=O)NCCc1cc(=O)[nH]cn1. The molecule has 1 unspecified atom stereocenters. The van der Waals surface area contributed by atoms with Crippen molar-refractivity contribution in [2.45, 2.75) is 39.2 Å². The van der Waals surface area contributed by atoms with Gasteiger partial charge in [-0.05, 0) is 18.9 Å². The Morgan fingerprint density at radius 2 is 2.24 bits per heavy atom. The zero-order valence-corrected chi connectivity index (χ0v) is 14.9. The van der Waals surface area contributed by atoms with Gasteiger partial charge in [-0.15, -0.1) is 0 Å². The lowest BCUT2D eigenvalue weighted by atomic mass is 10.1. The Hall–Kier alpha value is -2.22. The van der Waals surface area contributed by atoms with Gasteiger partial charge in [-0.25, -0.2) is 4.98 Å². The van der Waals surface area contributed by atoms with Gasteiger partial charge in [0.2, 0.25) is 11.8 Å². The van der Waals surface area contributed by atoms with Crippen LogP contribution in [-0.2, 0) is 16.0 Å². The van der Waals surface area contributed by atoms with Crippen molar-refractivity contribution in [3.63, 3.8) is 0 Å². The van der Waals surface area contributed by atoms with Crippen LogP contribution >= 0.6 is 0 Å². The van der Waals surface area contributed by atoms with Crippen LogP contribution in [0.15, 0.2) is 17.2 Å². The van der Waals surface area contributed by atoms with E-state index in [1.54, 1.807) is 0 Å².